The lowest BCUT2D eigenvalue weighted by atomic mass is 9.98. The molecule has 0 bridgehead atoms. The first-order valence-electron chi connectivity index (χ1n) is 8.98. The van der Waals surface area contributed by atoms with Crippen LogP contribution in [0.5, 0.6) is 0 Å². The number of fused-ring (bicyclic) bond motifs is 1. The maximum atomic E-state index is 13.5. The van der Waals surface area contributed by atoms with Gasteiger partial charge in [0.25, 0.3) is 5.91 Å². The zero-order valence-electron chi connectivity index (χ0n) is 14.4. The topological polar surface area (TPSA) is 53.8 Å². The third-order valence-corrected chi connectivity index (χ3v) is 5.35. The van der Waals surface area contributed by atoms with E-state index < -0.39 is 0 Å². The van der Waals surface area contributed by atoms with Crippen molar-refractivity contribution in [2.45, 2.75) is 31.8 Å². The number of likely N-dealkylation sites (tertiary alicyclic amines) is 2. The van der Waals surface area contributed by atoms with Gasteiger partial charge in [0, 0.05) is 26.1 Å². The van der Waals surface area contributed by atoms with E-state index in [1.807, 2.05) is 11.0 Å². The largest absolute Gasteiger partial charge is 0.459 e. The van der Waals surface area contributed by atoms with Gasteiger partial charge in [0.05, 0.1) is 12.3 Å². The van der Waals surface area contributed by atoms with Crippen molar-refractivity contribution < 1.29 is 18.4 Å². The van der Waals surface area contributed by atoms with Crippen LogP contribution in [-0.4, -0.2) is 40.7 Å². The lowest BCUT2D eigenvalue weighted by Crippen LogP contribution is -2.43. The van der Waals surface area contributed by atoms with Crippen LogP contribution in [0, 0.1) is 11.7 Å². The molecule has 2 aromatic rings. The molecular formula is C20H21FN2O3. The van der Waals surface area contributed by atoms with Gasteiger partial charge in [-0.3, -0.25) is 9.59 Å². The zero-order valence-corrected chi connectivity index (χ0v) is 14.4. The number of amides is 2. The molecule has 0 N–H and O–H groups in total. The number of hydrogen-bond acceptors (Lipinski definition) is 3. The second kappa shape index (κ2) is 6.94. The molecule has 0 radical (unpaired) electrons. The van der Waals surface area contributed by atoms with E-state index in [4.69, 9.17) is 4.42 Å². The molecule has 2 aliphatic rings. The van der Waals surface area contributed by atoms with Crippen molar-refractivity contribution in [3.05, 3.63) is 59.8 Å². The van der Waals surface area contributed by atoms with Crippen molar-refractivity contribution in [3.8, 4) is 0 Å². The van der Waals surface area contributed by atoms with Crippen molar-refractivity contribution in [2.75, 3.05) is 13.1 Å². The van der Waals surface area contributed by atoms with Crippen LogP contribution in [0.25, 0.3) is 0 Å². The van der Waals surface area contributed by atoms with Crippen molar-refractivity contribution in [3.63, 3.8) is 0 Å². The summed E-state index contributed by atoms with van der Waals surface area (Å²) in [5.74, 6) is 0.205. The maximum Gasteiger partial charge on any atom is 0.289 e. The summed E-state index contributed by atoms with van der Waals surface area (Å²) in [4.78, 5) is 28.9. The highest BCUT2D eigenvalue weighted by molar-refractivity contribution is 5.91. The predicted molar refractivity (Wildman–Crippen MR) is 92.7 cm³/mol. The van der Waals surface area contributed by atoms with Gasteiger partial charge in [-0.25, -0.2) is 4.39 Å². The Labute approximate surface area is 151 Å². The summed E-state index contributed by atoms with van der Waals surface area (Å²) >= 11 is 0. The van der Waals surface area contributed by atoms with Crippen molar-refractivity contribution in [2.24, 2.45) is 5.92 Å². The lowest BCUT2D eigenvalue weighted by molar-refractivity contribution is -0.133. The average molecular weight is 356 g/mol. The number of nitrogens with zero attached hydrogens (tertiary/aromatic N) is 2. The Bertz CT molecular complexity index is 805. The summed E-state index contributed by atoms with van der Waals surface area (Å²) in [6, 6.07) is 9.67. The van der Waals surface area contributed by atoms with Crippen LogP contribution < -0.4 is 0 Å². The Hall–Kier alpha value is -2.63. The Kier molecular flexibility index (Phi) is 4.49. The molecular weight excluding hydrogens is 335 g/mol. The zero-order chi connectivity index (χ0) is 18.1. The van der Waals surface area contributed by atoms with Crippen LogP contribution in [0.4, 0.5) is 4.39 Å². The first-order chi connectivity index (χ1) is 12.6. The molecule has 26 heavy (non-hydrogen) atoms. The van der Waals surface area contributed by atoms with Crippen molar-refractivity contribution in [1.29, 1.82) is 0 Å². The van der Waals surface area contributed by atoms with Crippen LogP contribution in [0.3, 0.4) is 0 Å². The summed E-state index contributed by atoms with van der Waals surface area (Å²) in [6.45, 7) is 1.49. The minimum absolute atomic E-state index is 0.0350. The molecule has 0 unspecified atom stereocenters. The molecule has 0 spiro atoms. The van der Waals surface area contributed by atoms with E-state index in [0.717, 1.165) is 18.4 Å². The maximum absolute atomic E-state index is 13.5. The average Bonchev–Trinajstić information content (AvgIpc) is 3.27. The standard InChI is InChI=1S/C20H21FN2O3/c21-16-6-1-4-14(10-16)11-23-17-13-22(20(25)18-7-3-9-26-18)12-15(17)5-2-8-19(23)24/h1,3-4,6-7,9-10,15,17H,2,5,8,11-13H2/t15-,17+/m1/s1. The fraction of sp³-hybridized carbons (Fsp3) is 0.400. The molecule has 0 saturated carbocycles. The number of carbonyl (C=O) groups is 2. The van der Waals surface area contributed by atoms with Crippen LogP contribution in [-0.2, 0) is 11.3 Å². The third kappa shape index (κ3) is 3.23. The fourth-order valence-corrected chi connectivity index (χ4v) is 4.09. The van der Waals surface area contributed by atoms with Gasteiger partial charge in [-0.05, 0) is 48.6 Å². The fourth-order valence-electron chi connectivity index (χ4n) is 4.09. The SMILES string of the molecule is O=C(c1ccco1)N1C[C@H]2CCCC(=O)N(Cc3cccc(F)c3)[C@H]2C1. The minimum Gasteiger partial charge on any atom is -0.459 e. The van der Waals surface area contributed by atoms with E-state index in [1.54, 1.807) is 23.1 Å². The van der Waals surface area contributed by atoms with E-state index in [2.05, 4.69) is 0 Å². The molecule has 1 aromatic carbocycles. The first-order valence-corrected chi connectivity index (χ1v) is 8.98. The van der Waals surface area contributed by atoms with Gasteiger partial charge in [0.1, 0.15) is 5.82 Å². The summed E-state index contributed by atoms with van der Waals surface area (Å²) in [7, 11) is 0. The molecule has 2 aliphatic heterocycles. The van der Waals surface area contributed by atoms with E-state index in [-0.39, 0.29) is 29.6 Å². The number of benzene rings is 1. The first kappa shape index (κ1) is 16.8. The Balaban J connectivity index is 1.55. The summed E-state index contributed by atoms with van der Waals surface area (Å²) in [5, 5.41) is 0. The van der Waals surface area contributed by atoms with E-state index in [9.17, 15) is 14.0 Å². The van der Waals surface area contributed by atoms with Gasteiger partial charge in [-0.2, -0.15) is 0 Å². The highest BCUT2D eigenvalue weighted by Crippen LogP contribution is 2.32. The van der Waals surface area contributed by atoms with Crippen molar-refractivity contribution in [1.82, 2.24) is 9.80 Å². The van der Waals surface area contributed by atoms with Gasteiger partial charge in [0.15, 0.2) is 5.76 Å². The van der Waals surface area contributed by atoms with E-state index >= 15 is 0 Å². The number of halogens is 1. The Morgan fingerprint density at radius 1 is 1.23 bits per heavy atom. The highest BCUT2D eigenvalue weighted by Gasteiger charge is 2.42. The molecule has 2 saturated heterocycles. The number of carbonyl (C=O) groups excluding carboxylic acids is 2. The van der Waals surface area contributed by atoms with Crippen molar-refractivity contribution >= 4 is 11.8 Å². The summed E-state index contributed by atoms with van der Waals surface area (Å²) in [5.41, 5.74) is 0.773. The molecule has 0 aliphatic carbocycles. The normalized spacial score (nSPS) is 23.0. The third-order valence-electron chi connectivity index (χ3n) is 5.35. The molecule has 2 fully saturated rings. The van der Waals surface area contributed by atoms with E-state index in [1.165, 1.54) is 18.4 Å². The number of rotatable bonds is 3. The molecule has 6 heteroatoms. The highest BCUT2D eigenvalue weighted by atomic mass is 19.1. The number of hydrogen-bond donors (Lipinski definition) is 0. The summed E-state index contributed by atoms with van der Waals surface area (Å²) < 4.78 is 18.8. The molecule has 2 amide bonds. The van der Waals surface area contributed by atoms with Gasteiger partial charge >= 0.3 is 0 Å². The van der Waals surface area contributed by atoms with Gasteiger partial charge in [-0.1, -0.05) is 12.1 Å². The lowest BCUT2D eigenvalue weighted by Gasteiger charge is -2.30. The van der Waals surface area contributed by atoms with Gasteiger partial charge < -0.3 is 14.2 Å². The van der Waals surface area contributed by atoms with Crippen LogP contribution in [0.1, 0.15) is 35.4 Å². The van der Waals surface area contributed by atoms with Gasteiger partial charge in [-0.15, -0.1) is 0 Å². The van der Waals surface area contributed by atoms with Crippen LogP contribution in [0.2, 0.25) is 0 Å². The van der Waals surface area contributed by atoms with Crippen LogP contribution >= 0.6 is 0 Å². The van der Waals surface area contributed by atoms with Gasteiger partial charge in [0.2, 0.25) is 5.91 Å². The minimum atomic E-state index is -0.303. The molecule has 5 nitrogen and oxygen atoms in total. The number of furan rings is 1. The molecule has 4 rings (SSSR count). The Morgan fingerprint density at radius 2 is 2.12 bits per heavy atom. The van der Waals surface area contributed by atoms with E-state index in [0.29, 0.717) is 31.8 Å². The predicted octanol–water partition coefficient (Wildman–Crippen LogP) is 3.07. The monoisotopic (exact) mass is 356 g/mol. The summed E-state index contributed by atoms with van der Waals surface area (Å²) in [6.07, 6.45) is 3.73. The second-order valence-corrected chi connectivity index (χ2v) is 7.06. The Morgan fingerprint density at radius 3 is 2.88 bits per heavy atom. The quantitative estimate of drug-likeness (QED) is 0.849. The second-order valence-electron chi connectivity index (χ2n) is 7.06. The molecule has 1 aromatic heterocycles. The smallest absolute Gasteiger partial charge is 0.289 e. The molecule has 3 heterocycles. The van der Waals surface area contributed by atoms with Crippen LogP contribution in [0.15, 0.2) is 47.1 Å². The molecule has 2 atom stereocenters. The molecule has 136 valence electrons.